The van der Waals surface area contributed by atoms with Crippen molar-refractivity contribution in [3.05, 3.63) is 59.4 Å². The first-order valence-electron chi connectivity index (χ1n) is 9.66. The van der Waals surface area contributed by atoms with Crippen molar-refractivity contribution in [3.8, 4) is 11.1 Å². The molecule has 2 aromatic carbocycles. The number of nitrogens with one attached hydrogen (secondary N) is 2. The van der Waals surface area contributed by atoms with Gasteiger partial charge in [0.25, 0.3) is 0 Å². The van der Waals surface area contributed by atoms with Gasteiger partial charge >= 0.3 is 18.1 Å². The molecule has 3 rings (SSSR count). The number of hydrogen-bond donors (Lipinski definition) is 2. The Morgan fingerprint density at radius 3 is 2.22 bits per heavy atom. The predicted octanol–water partition coefficient (Wildman–Crippen LogP) is 3.67. The fourth-order valence-electron chi connectivity index (χ4n) is 3.27. The molecule has 10 heteroatoms. The van der Waals surface area contributed by atoms with Crippen LogP contribution >= 0.6 is 0 Å². The van der Waals surface area contributed by atoms with Crippen LogP contribution in [0.25, 0.3) is 11.1 Å². The van der Waals surface area contributed by atoms with Gasteiger partial charge in [-0.25, -0.2) is 9.18 Å². The molecule has 1 saturated carbocycles. The van der Waals surface area contributed by atoms with Crippen LogP contribution in [0.5, 0.6) is 0 Å². The summed E-state index contributed by atoms with van der Waals surface area (Å²) in [6, 6.07) is 10.1. The second-order valence-electron chi connectivity index (χ2n) is 7.51. The molecule has 0 heterocycles. The van der Waals surface area contributed by atoms with E-state index in [0.29, 0.717) is 16.7 Å². The summed E-state index contributed by atoms with van der Waals surface area (Å²) in [5.74, 6) is -4.41. The van der Waals surface area contributed by atoms with Gasteiger partial charge in [-0.05, 0) is 42.5 Å². The van der Waals surface area contributed by atoms with Crippen LogP contribution in [0.3, 0.4) is 0 Å². The zero-order valence-electron chi connectivity index (χ0n) is 17.2. The number of alkyl halides is 3. The van der Waals surface area contributed by atoms with Crippen molar-refractivity contribution in [1.82, 2.24) is 10.6 Å². The van der Waals surface area contributed by atoms with Crippen molar-refractivity contribution in [2.45, 2.75) is 37.5 Å². The lowest BCUT2D eigenvalue weighted by Crippen LogP contribution is -2.52. The number of methoxy groups -OCH3 is 1. The molecule has 0 saturated heterocycles. The third-order valence-electron chi connectivity index (χ3n) is 5.27. The van der Waals surface area contributed by atoms with Gasteiger partial charge in [0.15, 0.2) is 0 Å². The lowest BCUT2D eigenvalue weighted by Gasteiger charge is -2.22. The van der Waals surface area contributed by atoms with Gasteiger partial charge in [0, 0.05) is 0 Å². The number of rotatable bonds is 6. The van der Waals surface area contributed by atoms with E-state index < -0.39 is 41.4 Å². The Bertz CT molecular complexity index is 1050. The van der Waals surface area contributed by atoms with E-state index in [4.69, 9.17) is 0 Å². The molecule has 32 heavy (non-hydrogen) atoms. The second-order valence-corrected chi connectivity index (χ2v) is 7.51. The molecule has 0 bridgehead atoms. The van der Waals surface area contributed by atoms with Crippen LogP contribution in [0, 0.1) is 5.82 Å². The third-order valence-corrected chi connectivity index (χ3v) is 5.27. The van der Waals surface area contributed by atoms with E-state index in [1.54, 1.807) is 42.6 Å². The largest absolute Gasteiger partial charge is 0.471 e. The van der Waals surface area contributed by atoms with Crippen molar-refractivity contribution in [2.75, 3.05) is 7.11 Å². The summed E-state index contributed by atoms with van der Waals surface area (Å²) in [6.45, 7) is 1.64. The van der Waals surface area contributed by atoms with E-state index in [9.17, 15) is 31.9 Å². The van der Waals surface area contributed by atoms with Gasteiger partial charge < -0.3 is 15.4 Å². The second kappa shape index (κ2) is 8.60. The molecule has 1 unspecified atom stereocenters. The molecule has 170 valence electrons. The van der Waals surface area contributed by atoms with E-state index in [0.717, 1.165) is 13.2 Å². The Labute approximate surface area is 180 Å². The van der Waals surface area contributed by atoms with E-state index >= 15 is 0 Å². The van der Waals surface area contributed by atoms with Crippen LogP contribution in [0.15, 0.2) is 42.5 Å². The Balaban J connectivity index is 1.74. The number of hydrogen-bond acceptors (Lipinski definition) is 4. The third kappa shape index (κ3) is 4.74. The lowest BCUT2D eigenvalue weighted by molar-refractivity contribution is -0.175. The molecule has 2 aromatic rings. The molecule has 0 spiro atoms. The highest BCUT2D eigenvalue weighted by molar-refractivity contribution is 5.97. The van der Waals surface area contributed by atoms with Crippen LogP contribution in [0.1, 0.15) is 41.7 Å². The fourth-order valence-corrected chi connectivity index (χ4v) is 3.27. The summed E-state index contributed by atoms with van der Waals surface area (Å²) in [4.78, 5) is 35.6. The number of esters is 1. The summed E-state index contributed by atoms with van der Waals surface area (Å²) >= 11 is 0. The molecular weight excluding hydrogens is 432 g/mol. The quantitative estimate of drug-likeness (QED) is 0.518. The standard InChI is InChI=1S/C22H20F4N2O4/c1-12(27-19(30)21(10-11-21)28-20(31)22(24,25)26)13-6-8-14(9-7-13)15-4-3-5-16(23)17(15)18(29)32-2/h3-9,12H,10-11H2,1-2H3,(H,27,30)(H,28,31). The smallest absolute Gasteiger partial charge is 0.465 e. The van der Waals surface area contributed by atoms with Crippen molar-refractivity contribution < 1.29 is 36.7 Å². The summed E-state index contributed by atoms with van der Waals surface area (Å²) in [7, 11) is 1.15. The van der Waals surface area contributed by atoms with Gasteiger partial charge in [-0.1, -0.05) is 36.4 Å². The van der Waals surface area contributed by atoms with Crippen LogP contribution in [0.4, 0.5) is 17.6 Å². The Morgan fingerprint density at radius 1 is 1.06 bits per heavy atom. The maximum absolute atomic E-state index is 14.2. The normalized spacial score (nSPS) is 15.4. The Kier molecular flexibility index (Phi) is 6.25. The molecular formula is C22H20F4N2O4. The zero-order chi connectivity index (χ0) is 23.7. The lowest BCUT2D eigenvalue weighted by atomic mass is 9.97. The molecule has 0 aromatic heterocycles. The van der Waals surface area contributed by atoms with Crippen LogP contribution < -0.4 is 10.6 Å². The molecule has 2 N–H and O–H groups in total. The fraction of sp³-hybridized carbons (Fsp3) is 0.318. The maximum Gasteiger partial charge on any atom is 0.471 e. The average molecular weight is 452 g/mol. The SMILES string of the molecule is COC(=O)c1c(F)cccc1-c1ccc(C(C)NC(=O)C2(NC(=O)C(F)(F)F)CC2)cc1. The summed E-state index contributed by atoms with van der Waals surface area (Å²) in [5.41, 5.74) is -0.288. The van der Waals surface area contributed by atoms with Crippen molar-refractivity contribution >= 4 is 17.8 Å². The number of carbonyl (C=O) groups excluding carboxylic acids is 3. The minimum Gasteiger partial charge on any atom is -0.465 e. The van der Waals surface area contributed by atoms with Gasteiger partial charge in [0.05, 0.1) is 13.2 Å². The van der Waals surface area contributed by atoms with Crippen LogP contribution in [-0.2, 0) is 14.3 Å². The first-order chi connectivity index (χ1) is 15.0. The highest BCUT2D eigenvalue weighted by atomic mass is 19.4. The van der Waals surface area contributed by atoms with Crippen molar-refractivity contribution in [3.63, 3.8) is 0 Å². The summed E-state index contributed by atoms with van der Waals surface area (Å²) in [5, 5.41) is 4.37. The monoisotopic (exact) mass is 452 g/mol. The van der Waals surface area contributed by atoms with E-state index in [1.807, 2.05) is 0 Å². The van der Waals surface area contributed by atoms with E-state index in [1.165, 1.54) is 6.07 Å². The Morgan fingerprint density at radius 2 is 1.69 bits per heavy atom. The van der Waals surface area contributed by atoms with E-state index in [2.05, 4.69) is 10.1 Å². The van der Waals surface area contributed by atoms with Gasteiger partial charge in [-0.2, -0.15) is 13.2 Å². The predicted molar refractivity (Wildman–Crippen MR) is 106 cm³/mol. The topological polar surface area (TPSA) is 84.5 Å². The molecule has 2 amide bonds. The molecule has 1 atom stereocenters. The number of carbonyl (C=O) groups is 3. The average Bonchev–Trinajstić information content (AvgIpc) is 3.53. The minimum absolute atomic E-state index is 0.113. The van der Waals surface area contributed by atoms with Gasteiger partial charge in [-0.3, -0.25) is 9.59 Å². The Hall–Kier alpha value is -3.43. The first-order valence-corrected chi connectivity index (χ1v) is 9.66. The maximum atomic E-state index is 14.2. The molecule has 1 fully saturated rings. The van der Waals surface area contributed by atoms with Gasteiger partial charge in [-0.15, -0.1) is 0 Å². The molecule has 6 nitrogen and oxygen atoms in total. The molecule has 0 aliphatic heterocycles. The number of benzene rings is 2. The van der Waals surface area contributed by atoms with E-state index in [-0.39, 0.29) is 18.4 Å². The van der Waals surface area contributed by atoms with Gasteiger partial charge in [0.1, 0.15) is 16.9 Å². The molecule has 1 aliphatic rings. The number of amides is 2. The minimum atomic E-state index is -5.07. The van der Waals surface area contributed by atoms with Crippen LogP contribution in [-0.4, -0.2) is 36.6 Å². The first kappa shape index (κ1) is 23.2. The molecule has 1 aliphatic carbocycles. The van der Waals surface area contributed by atoms with Crippen molar-refractivity contribution in [1.29, 1.82) is 0 Å². The highest BCUT2D eigenvalue weighted by Gasteiger charge is 2.55. The highest BCUT2D eigenvalue weighted by Crippen LogP contribution is 2.37. The number of ether oxygens (including phenoxy) is 1. The number of halogens is 4. The summed E-state index contributed by atoms with van der Waals surface area (Å²) < 4.78 is 56.3. The van der Waals surface area contributed by atoms with Crippen molar-refractivity contribution in [2.24, 2.45) is 0 Å². The van der Waals surface area contributed by atoms with Gasteiger partial charge in [0.2, 0.25) is 5.91 Å². The molecule has 0 radical (unpaired) electrons. The summed E-state index contributed by atoms with van der Waals surface area (Å²) in [6.07, 6.45) is -4.85. The van der Waals surface area contributed by atoms with Crippen LogP contribution in [0.2, 0.25) is 0 Å². The zero-order valence-corrected chi connectivity index (χ0v) is 17.2.